The first-order valence-corrected chi connectivity index (χ1v) is 9.51. The average Bonchev–Trinajstić information content (AvgIpc) is 3.37. The fourth-order valence-corrected chi connectivity index (χ4v) is 2.60. The van der Waals surface area contributed by atoms with Gasteiger partial charge in [0.25, 0.3) is 0 Å². The van der Waals surface area contributed by atoms with Crippen LogP contribution in [0.3, 0.4) is 0 Å². The first-order chi connectivity index (χ1) is 14.0. The molecule has 0 radical (unpaired) electrons. The summed E-state index contributed by atoms with van der Waals surface area (Å²) in [5.74, 6) is 2.21. The summed E-state index contributed by atoms with van der Waals surface area (Å²) in [7, 11) is 4.60. The minimum atomic E-state index is -0.753. The third-order valence-corrected chi connectivity index (χ3v) is 4.16. The van der Waals surface area contributed by atoms with Crippen molar-refractivity contribution < 1.29 is 37.7 Å². The van der Waals surface area contributed by atoms with Crippen LogP contribution < -0.4 is 9.47 Å². The number of ether oxygens (including phenoxy) is 3. The lowest BCUT2D eigenvalue weighted by atomic mass is 10.1. The molecule has 0 aliphatic rings. The zero-order chi connectivity index (χ0) is 21.5. The Labute approximate surface area is 170 Å². The predicted octanol–water partition coefficient (Wildman–Crippen LogP) is 4.26. The highest BCUT2D eigenvalue weighted by Crippen LogP contribution is 2.22. The molecule has 0 saturated carbocycles. The van der Waals surface area contributed by atoms with Gasteiger partial charge in [0.15, 0.2) is 11.5 Å². The number of carbonyl (C=O) groups excluding carboxylic acids is 1. The number of furan rings is 2. The fraction of sp³-hybridized carbons (Fsp3) is 0.524. The summed E-state index contributed by atoms with van der Waals surface area (Å²) < 4.78 is 25.1. The second-order valence-electron chi connectivity index (χ2n) is 6.21. The monoisotopic (exact) mass is 410 g/mol. The zero-order valence-corrected chi connectivity index (χ0v) is 17.3. The average molecular weight is 410 g/mol. The normalized spacial score (nSPS) is 10.0. The molecule has 8 heteroatoms. The van der Waals surface area contributed by atoms with Crippen molar-refractivity contribution in [2.45, 2.75) is 51.4 Å². The zero-order valence-electron chi connectivity index (χ0n) is 17.3. The minimum absolute atomic E-state index is 0.165. The van der Waals surface area contributed by atoms with E-state index in [1.807, 2.05) is 0 Å². The van der Waals surface area contributed by atoms with Crippen LogP contribution in [0.25, 0.3) is 0 Å². The van der Waals surface area contributed by atoms with Crippen LogP contribution in [0.5, 0.6) is 11.5 Å². The quantitative estimate of drug-likeness (QED) is 0.408. The number of carbonyl (C=O) groups is 2. The van der Waals surface area contributed by atoms with Crippen molar-refractivity contribution in [3.05, 3.63) is 36.2 Å². The van der Waals surface area contributed by atoms with E-state index in [2.05, 4.69) is 4.74 Å². The molecular weight excluding hydrogens is 380 g/mol. The van der Waals surface area contributed by atoms with Gasteiger partial charge in [-0.2, -0.15) is 0 Å². The number of esters is 1. The molecule has 0 saturated heterocycles. The molecule has 2 aromatic heterocycles. The molecule has 8 nitrogen and oxygen atoms in total. The number of methoxy groups -OCH3 is 3. The number of rotatable bonds is 12. The first kappa shape index (κ1) is 24.1. The summed E-state index contributed by atoms with van der Waals surface area (Å²) in [4.78, 5) is 21.1. The highest BCUT2D eigenvalue weighted by Gasteiger charge is 2.07. The lowest BCUT2D eigenvalue weighted by Crippen LogP contribution is -1.99. The van der Waals surface area contributed by atoms with Crippen LogP contribution >= 0.6 is 0 Å². The molecule has 0 aromatic carbocycles. The van der Waals surface area contributed by atoms with Crippen LogP contribution in [-0.4, -0.2) is 38.4 Å². The van der Waals surface area contributed by atoms with Crippen LogP contribution in [0.2, 0.25) is 0 Å². The summed E-state index contributed by atoms with van der Waals surface area (Å²) in [6.45, 7) is 0. The van der Waals surface area contributed by atoms with Crippen LogP contribution in [0, 0.1) is 0 Å². The Morgan fingerprint density at radius 3 is 1.72 bits per heavy atom. The third-order valence-electron chi connectivity index (χ3n) is 4.16. The number of hydrogen-bond donors (Lipinski definition) is 1. The van der Waals surface area contributed by atoms with Crippen molar-refractivity contribution in [1.82, 2.24) is 0 Å². The van der Waals surface area contributed by atoms with E-state index in [9.17, 15) is 9.59 Å². The SMILES string of the molecule is COC(=O)CCCCc1occc1OC.COc1ccoc1CCCCC(=O)O. The fourth-order valence-electron chi connectivity index (χ4n) is 2.60. The largest absolute Gasteiger partial charge is 0.493 e. The summed E-state index contributed by atoms with van der Waals surface area (Å²) >= 11 is 0. The Kier molecular flexibility index (Phi) is 11.8. The van der Waals surface area contributed by atoms with Gasteiger partial charge in [-0.1, -0.05) is 0 Å². The highest BCUT2D eigenvalue weighted by atomic mass is 16.5. The Balaban J connectivity index is 0.000000291. The molecule has 0 atom stereocenters. The van der Waals surface area contributed by atoms with Gasteiger partial charge >= 0.3 is 11.9 Å². The summed E-state index contributed by atoms with van der Waals surface area (Å²) in [5.41, 5.74) is 0. The Morgan fingerprint density at radius 1 is 0.828 bits per heavy atom. The van der Waals surface area contributed by atoms with Gasteiger partial charge in [0.1, 0.15) is 11.5 Å². The molecule has 0 aliphatic carbocycles. The molecular formula is C21H30O8. The maximum Gasteiger partial charge on any atom is 0.305 e. The Bertz CT molecular complexity index is 716. The van der Waals surface area contributed by atoms with E-state index in [0.29, 0.717) is 12.8 Å². The standard InChI is InChI=1S/C11H16O4.C10H14O4/c1-13-9-7-8-15-10(9)5-3-4-6-11(12)14-2;1-13-8-6-7-14-9(8)4-2-3-5-10(11)12/h7-8H,3-6H2,1-2H3;6-7H,2-5H2,1H3,(H,11,12). The second kappa shape index (κ2) is 14.1. The molecule has 2 heterocycles. The van der Waals surface area contributed by atoms with Crippen LogP contribution in [-0.2, 0) is 27.2 Å². The number of unbranched alkanes of at least 4 members (excludes halogenated alkanes) is 2. The molecule has 0 bridgehead atoms. The maximum absolute atomic E-state index is 10.8. The van der Waals surface area contributed by atoms with E-state index in [1.165, 1.54) is 7.11 Å². The molecule has 2 aromatic rings. The van der Waals surface area contributed by atoms with Gasteiger partial charge < -0.3 is 28.2 Å². The molecule has 0 spiro atoms. The van der Waals surface area contributed by atoms with Gasteiger partial charge in [0, 0.05) is 37.8 Å². The smallest absolute Gasteiger partial charge is 0.305 e. The van der Waals surface area contributed by atoms with Crippen molar-refractivity contribution in [3.63, 3.8) is 0 Å². The number of aryl methyl sites for hydroxylation is 2. The van der Waals surface area contributed by atoms with Crippen molar-refractivity contribution in [2.75, 3.05) is 21.3 Å². The van der Waals surface area contributed by atoms with Gasteiger partial charge in [0.05, 0.1) is 33.9 Å². The molecule has 0 amide bonds. The van der Waals surface area contributed by atoms with Crippen molar-refractivity contribution in [3.8, 4) is 11.5 Å². The number of hydrogen-bond acceptors (Lipinski definition) is 7. The van der Waals surface area contributed by atoms with Crippen molar-refractivity contribution in [1.29, 1.82) is 0 Å². The van der Waals surface area contributed by atoms with E-state index in [-0.39, 0.29) is 12.4 Å². The predicted molar refractivity (Wildman–Crippen MR) is 105 cm³/mol. The van der Waals surface area contributed by atoms with Gasteiger partial charge in [-0.15, -0.1) is 0 Å². The van der Waals surface area contributed by atoms with Gasteiger partial charge in [-0.05, 0) is 25.7 Å². The van der Waals surface area contributed by atoms with E-state index >= 15 is 0 Å². The summed E-state index contributed by atoms with van der Waals surface area (Å²) in [6.07, 6.45) is 8.52. The first-order valence-electron chi connectivity index (χ1n) is 9.51. The number of carboxylic acids is 1. The van der Waals surface area contributed by atoms with Gasteiger partial charge in [-0.3, -0.25) is 9.59 Å². The summed E-state index contributed by atoms with van der Waals surface area (Å²) in [5, 5.41) is 8.42. The van der Waals surface area contributed by atoms with Crippen molar-refractivity contribution in [2.24, 2.45) is 0 Å². The number of aliphatic carboxylic acids is 1. The lowest BCUT2D eigenvalue weighted by molar-refractivity contribution is -0.140. The van der Waals surface area contributed by atoms with Crippen LogP contribution in [0.1, 0.15) is 50.0 Å². The topological polar surface area (TPSA) is 108 Å². The van der Waals surface area contributed by atoms with Crippen LogP contribution in [0.15, 0.2) is 33.5 Å². The van der Waals surface area contributed by atoms with E-state index in [1.54, 1.807) is 38.9 Å². The maximum atomic E-state index is 10.8. The van der Waals surface area contributed by atoms with Gasteiger partial charge in [-0.25, -0.2) is 0 Å². The lowest BCUT2D eigenvalue weighted by Gasteiger charge is -2.01. The molecule has 0 fully saturated rings. The number of carboxylic acid groups (broad SMARTS) is 1. The van der Waals surface area contributed by atoms with E-state index in [4.69, 9.17) is 23.4 Å². The van der Waals surface area contributed by atoms with Crippen molar-refractivity contribution >= 4 is 11.9 Å². The molecule has 0 unspecified atom stereocenters. The third kappa shape index (κ3) is 9.73. The van der Waals surface area contributed by atoms with Gasteiger partial charge in [0.2, 0.25) is 0 Å². The minimum Gasteiger partial charge on any atom is -0.493 e. The second-order valence-corrected chi connectivity index (χ2v) is 6.21. The molecule has 1 N–H and O–H groups in total. The molecule has 0 aliphatic heterocycles. The summed E-state index contributed by atoms with van der Waals surface area (Å²) in [6, 6.07) is 3.54. The molecule has 2 rings (SSSR count). The molecule has 29 heavy (non-hydrogen) atoms. The highest BCUT2D eigenvalue weighted by molar-refractivity contribution is 5.69. The Morgan fingerprint density at radius 2 is 1.31 bits per heavy atom. The Hall–Kier alpha value is -2.90. The molecule has 162 valence electrons. The van der Waals surface area contributed by atoms with E-state index < -0.39 is 5.97 Å². The van der Waals surface area contributed by atoms with E-state index in [0.717, 1.165) is 55.1 Å². The van der Waals surface area contributed by atoms with Crippen LogP contribution in [0.4, 0.5) is 0 Å².